The highest BCUT2D eigenvalue weighted by Crippen LogP contribution is 2.22. The summed E-state index contributed by atoms with van der Waals surface area (Å²) in [6.45, 7) is 0. The molecule has 0 saturated carbocycles. The summed E-state index contributed by atoms with van der Waals surface area (Å²) in [6.07, 6.45) is -4.35. The van der Waals surface area contributed by atoms with Gasteiger partial charge >= 0.3 is 18.1 Å². The molecule has 98 valence electrons. The molecule has 1 aromatic heterocycles. The van der Waals surface area contributed by atoms with Gasteiger partial charge in [0.1, 0.15) is 0 Å². The van der Waals surface area contributed by atoms with Crippen molar-refractivity contribution in [2.75, 3.05) is 12.4 Å². The van der Waals surface area contributed by atoms with Gasteiger partial charge < -0.3 is 15.2 Å². The van der Waals surface area contributed by atoms with Crippen molar-refractivity contribution in [1.82, 2.24) is 4.98 Å². The van der Waals surface area contributed by atoms with Gasteiger partial charge in [-0.05, 0) is 0 Å². The molecule has 0 fully saturated rings. The van der Waals surface area contributed by atoms with Gasteiger partial charge in [0, 0.05) is 6.07 Å². The zero-order chi connectivity index (χ0) is 13.9. The van der Waals surface area contributed by atoms with E-state index in [-0.39, 0.29) is 5.88 Å². The number of anilines is 1. The van der Waals surface area contributed by atoms with Crippen LogP contribution >= 0.6 is 0 Å². The lowest BCUT2D eigenvalue weighted by Crippen LogP contribution is -2.30. The van der Waals surface area contributed by atoms with E-state index in [0.29, 0.717) is 0 Å². The molecule has 0 bridgehead atoms. The zero-order valence-corrected chi connectivity index (χ0v) is 8.91. The number of alkyl halides is 3. The van der Waals surface area contributed by atoms with Crippen molar-refractivity contribution in [2.45, 2.75) is 6.18 Å². The Kier molecular flexibility index (Phi) is 3.74. The van der Waals surface area contributed by atoms with Gasteiger partial charge in [-0.2, -0.15) is 13.2 Å². The number of halogens is 3. The van der Waals surface area contributed by atoms with Crippen molar-refractivity contribution in [2.24, 2.45) is 0 Å². The number of pyridine rings is 1. The van der Waals surface area contributed by atoms with Gasteiger partial charge in [-0.1, -0.05) is 0 Å². The minimum atomic E-state index is -5.12. The number of nitrogens with one attached hydrogen (secondary N) is 1. The maximum Gasteiger partial charge on any atom is 0.471 e. The Morgan fingerprint density at radius 2 is 2.06 bits per heavy atom. The van der Waals surface area contributed by atoms with E-state index in [9.17, 15) is 22.8 Å². The minimum absolute atomic E-state index is 0.0996. The fourth-order valence-corrected chi connectivity index (χ4v) is 1.02. The fourth-order valence-electron chi connectivity index (χ4n) is 1.02. The van der Waals surface area contributed by atoms with Gasteiger partial charge in [0.25, 0.3) is 0 Å². The van der Waals surface area contributed by atoms with Crippen LogP contribution in [0.5, 0.6) is 5.88 Å². The molecule has 0 aliphatic carbocycles. The summed E-state index contributed by atoms with van der Waals surface area (Å²) >= 11 is 0. The summed E-state index contributed by atoms with van der Waals surface area (Å²) in [5, 5.41) is 10.2. The first-order chi connectivity index (χ1) is 8.25. The van der Waals surface area contributed by atoms with Gasteiger partial charge in [-0.15, -0.1) is 0 Å². The molecule has 1 heterocycles. The highest BCUT2D eigenvalue weighted by atomic mass is 19.4. The SMILES string of the molecule is COc1cc(C(=O)O)c(NC(=O)C(F)(F)F)cn1. The molecule has 9 heteroatoms. The van der Waals surface area contributed by atoms with Crippen molar-refractivity contribution < 1.29 is 32.6 Å². The first-order valence-electron chi connectivity index (χ1n) is 4.41. The van der Waals surface area contributed by atoms with E-state index in [1.165, 1.54) is 12.4 Å². The Morgan fingerprint density at radius 1 is 1.44 bits per heavy atom. The highest BCUT2D eigenvalue weighted by Gasteiger charge is 2.39. The lowest BCUT2D eigenvalue weighted by Gasteiger charge is -2.10. The average Bonchev–Trinajstić information content (AvgIpc) is 2.27. The summed E-state index contributed by atoms with van der Waals surface area (Å²) in [5.41, 5.74) is -1.12. The van der Waals surface area contributed by atoms with Crippen LogP contribution in [0.2, 0.25) is 0 Å². The lowest BCUT2D eigenvalue weighted by molar-refractivity contribution is -0.167. The van der Waals surface area contributed by atoms with Crippen LogP contribution in [0, 0.1) is 0 Å². The molecule has 6 nitrogen and oxygen atoms in total. The predicted molar refractivity (Wildman–Crippen MR) is 52.4 cm³/mol. The van der Waals surface area contributed by atoms with E-state index in [4.69, 9.17) is 5.11 Å². The second-order valence-electron chi connectivity index (χ2n) is 3.03. The standard InChI is InChI=1S/C9H7F3N2O4/c1-18-6-2-4(7(15)16)5(3-13-6)14-8(17)9(10,11)12/h2-3H,1H3,(H,14,17)(H,15,16). The Hall–Kier alpha value is -2.32. The number of hydrogen-bond acceptors (Lipinski definition) is 4. The number of carboxylic acids is 1. The molecule has 1 aromatic rings. The second kappa shape index (κ2) is 4.90. The Morgan fingerprint density at radius 3 is 2.50 bits per heavy atom. The minimum Gasteiger partial charge on any atom is -0.481 e. The Bertz CT molecular complexity index is 487. The van der Waals surface area contributed by atoms with E-state index >= 15 is 0 Å². The summed E-state index contributed by atoms with van der Waals surface area (Å²) in [5.74, 6) is -3.90. The normalized spacial score (nSPS) is 10.9. The van der Waals surface area contributed by atoms with Crippen LogP contribution in [0.1, 0.15) is 10.4 Å². The number of ether oxygens (including phenoxy) is 1. The topological polar surface area (TPSA) is 88.5 Å². The number of rotatable bonds is 3. The summed E-state index contributed by atoms with van der Waals surface area (Å²) in [4.78, 5) is 25.0. The first kappa shape index (κ1) is 13.7. The van der Waals surface area contributed by atoms with Crippen LogP contribution in [-0.4, -0.2) is 35.3 Å². The quantitative estimate of drug-likeness (QED) is 0.858. The number of amides is 1. The number of nitrogens with zero attached hydrogens (tertiary/aromatic N) is 1. The van der Waals surface area contributed by atoms with E-state index in [0.717, 1.165) is 12.3 Å². The molecule has 0 atom stereocenters. The second-order valence-corrected chi connectivity index (χ2v) is 3.03. The molecule has 0 unspecified atom stereocenters. The van der Waals surface area contributed by atoms with E-state index in [1.54, 1.807) is 0 Å². The molecule has 0 aromatic carbocycles. The molecule has 0 aliphatic rings. The number of carbonyl (C=O) groups is 2. The zero-order valence-electron chi connectivity index (χ0n) is 8.91. The van der Waals surface area contributed by atoms with E-state index < -0.39 is 29.3 Å². The molecule has 18 heavy (non-hydrogen) atoms. The Labute approximate surface area is 98.4 Å². The third-order valence-electron chi connectivity index (χ3n) is 1.82. The number of aromatic nitrogens is 1. The molecular formula is C9H7F3N2O4. The van der Waals surface area contributed by atoms with Crippen LogP contribution in [0.3, 0.4) is 0 Å². The largest absolute Gasteiger partial charge is 0.481 e. The third kappa shape index (κ3) is 3.09. The summed E-state index contributed by atoms with van der Waals surface area (Å²) in [7, 11) is 1.21. The molecule has 2 N–H and O–H groups in total. The molecule has 0 radical (unpaired) electrons. The van der Waals surface area contributed by atoms with Gasteiger partial charge in [0.2, 0.25) is 5.88 Å². The number of aromatic carboxylic acids is 1. The Balaban J connectivity index is 3.09. The molecule has 1 rings (SSSR count). The smallest absolute Gasteiger partial charge is 0.471 e. The van der Waals surface area contributed by atoms with Gasteiger partial charge in [0.15, 0.2) is 0 Å². The maximum atomic E-state index is 12.0. The molecule has 0 aliphatic heterocycles. The van der Waals surface area contributed by atoms with Crippen LogP contribution < -0.4 is 10.1 Å². The third-order valence-corrected chi connectivity index (χ3v) is 1.82. The van der Waals surface area contributed by atoms with E-state index in [2.05, 4.69) is 9.72 Å². The molecule has 1 amide bonds. The average molecular weight is 264 g/mol. The van der Waals surface area contributed by atoms with Crippen LogP contribution in [0.15, 0.2) is 12.3 Å². The van der Waals surface area contributed by atoms with Gasteiger partial charge in [-0.25, -0.2) is 9.78 Å². The maximum absolute atomic E-state index is 12.0. The van der Waals surface area contributed by atoms with E-state index in [1.807, 2.05) is 0 Å². The van der Waals surface area contributed by atoms with Crippen molar-refractivity contribution in [1.29, 1.82) is 0 Å². The number of methoxy groups -OCH3 is 1. The van der Waals surface area contributed by atoms with Crippen molar-refractivity contribution in [3.05, 3.63) is 17.8 Å². The number of carbonyl (C=O) groups excluding carboxylic acids is 1. The molecular weight excluding hydrogens is 257 g/mol. The summed E-state index contributed by atoms with van der Waals surface area (Å²) < 4.78 is 40.6. The van der Waals surface area contributed by atoms with Gasteiger partial charge in [0.05, 0.1) is 24.6 Å². The van der Waals surface area contributed by atoms with Gasteiger partial charge in [-0.3, -0.25) is 4.79 Å². The molecule has 0 saturated heterocycles. The molecule has 0 spiro atoms. The van der Waals surface area contributed by atoms with Crippen molar-refractivity contribution in [3.63, 3.8) is 0 Å². The fraction of sp³-hybridized carbons (Fsp3) is 0.222. The monoisotopic (exact) mass is 264 g/mol. The van der Waals surface area contributed by atoms with Crippen LogP contribution in [-0.2, 0) is 4.79 Å². The number of hydrogen-bond donors (Lipinski definition) is 2. The lowest BCUT2D eigenvalue weighted by atomic mass is 10.2. The van der Waals surface area contributed by atoms with Crippen LogP contribution in [0.4, 0.5) is 18.9 Å². The predicted octanol–water partition coefficient (Wildman–Crippen LogP) is 1.29. The summed E-state index contributed by atoms with van der Waals surface area (Å²) in [6, 6.07) is 0.897. The van der Waals surface area contributed by atoms with Crippen LogP contribution in [0.25, 0.3) is 0 Å². The van der Waals surface area contributed by atoms with Crippen molar-refractivity contribution >= 4 is 17.6 Å². The number of carboxylic acid groups (broad SMARTS) is 1. The van der Waals surface area contributed by atoms with Crippen molar-refractivity contribution in [3.8, 4) is 5.88 Å². The first-order valence-corrected chi connectivity index (χ1v) is 4.41. The highest BCUT2D eigenvalue weighted by molar-refractivity contribution is 6.02.